The smallest absolute Gasteiger partial charge is 0.283 e. The van der Waals surface area contributed by atoms with Gasteiger partial charge in [-0.2, -0.15) is 0 Å². The lowest BCUT2D eigenvalue weighted by atomic mass is 10.3. The maximum atomic E-state index is 6.11. The first-order valence-corrected chi connectivity index (χ1v) is 7.51. The first kappa shape index (κ1) is 14.3. The van der Waals surface area contributed by atoms with Crippen LogP contribution in [-0.2, 0) is 6.54 Å². The number of aromatic nitrogens is 5. The normalized spacial score (nSPS) is 12.7. The van der Waals surface area contributed by atoms with Crippen molar-refractivity contribution < 1.29 is 8.83 Å². The zero-order valence-corrected chi connectivity index (χ0v) is 13.4. The summed E-state index contributed by atoms with van der Waals surface area (Å²) in [5.74, 6) is 1.24. The molecule has 21 heavy (non-hydrogen) atoms. The van der Waals surface area contributed by atoms with Gasteiger partial charge in [-0.1, -0.05) is 12.1 Å². The first-order valence-electron chi connectivity index (χ1n) is 6.28. The molecule has 0 aliphatic rings. The van der Waals surface area contributed by atoms with E-state index in [1.54, 1.807) is 23.0 Å². The van der Waals surface area contributed by atoms with E-state index in [4.69, 9.17) is 20.4 Å². The van der Waals surface area contributed by atoms with Crippen molar-refractivity contribution in [2.75, 3.05) is 0 Å². The van der Waals surface area contributed by atoms with Crippen LogP contribution >= 0.6 is 27.5 Å². The van der Waals surface area contributed by atoms with E-state index < -0.39 is 0 Å². The average Bonchev–Trinajstić information content (AvgIpc) is 3.19. The van der Waals surface area contributed by atoms with Gasteiger partial charge in [0.25, 0.3) is 5.89 Å². The Hall–Kier alpha value is -1.67. The molecule has 0 amide bonds. The predicted molar refractivity (Wildman–Crippen MR) is 77.7 cm³/mol. The van der Waals surface area contributed by atoms with Crippen LogP contribution in [0.15, 0.2) is 31.8 Å². The Balaban J connectivity index is 1.74. The van der Waals surface area contributed by atoms with Gasteiger partial charge >= 0.3 is 0 Å². The van der Waals surface area contributed by atoms with Crippen molar-refractivity contribution in [2.24, 2.45) is 0 Å². The van der Waals surface area contributed by atoms with Crippen molar-refractivity contribution >= 4 is 27.5 Å². The number of halogens is 2. The lowest BCUT2D eigenvalue weighted by molar-refractivity contribution is 0.451. The van der Waals surface area contributed by atoms with Gasteiger partial charge in [-0.05, 0) is 34.5 Å². The summed E-state index contributed by atoms with van der Waals surface area (Å²) in [6.45, 7) is 2.32. The van der Waals surface area contributed by atoms with Crippen LogP contribution in [-0.4, -0.2) is 25.2 Å². The van der Waals surface area contributed by atoms with E-state index in [0.717, 1.165) is 12.1 Å². The molecule has 3 aromatic rings. The molecule has 0 N–H and O–H groups in total. The number of hydrogen-bond donors (Lipinski definition) is 0. The molecule has 110 valence electrons. The van der Waals surface area contributed by atoms with Crippen LogP contribution in [0.1, 0.15) is 30.3 Å². The summed E-state index contributed by atoms with van der Waals surface area (Å²) in [6, 6.07) is 3.50. The zero-order chi connectivity index (χ0) is 14.8. The number of rotatable bonds is 5. The van der Waals surface area contributed by atoms with E-state index in [0.29, 0.717) is 28.8 Å². The third kappa shape index (κ3) is 3.16. The highest BCUT2D eigenvalue weighted by atomic mass is 79.9. The molecule has 0 bridgehead atoms. The summed E-state index contributed by atoms with van der Waals surface area (Å²) < 4.78 is 13.1. The Labute approximate surface area is 133 Å². The van der Waals surface area contributed by atoms with Crippen molar-refractivity contribution in [1.29, 1.82) is 0 Å². The van der Waals surface area contributed by atoms with E-state index in [1.165, 1.54) is 0 Å². The van der Waals surface area contributed by atoms with Crippen molar-refractivity contribution in [3.8, 4) is 11.7 Å². The molecule has 9 heteroatoms. The molecule has 0 saturated heterocycles. The number of alkyl halides is 1. The van der Waals surface area contributed by atoms with Gasteiger partial charge in [0.15, 0.2) is 10.4 Å². The summed E-state index contributed by atoms with van der Waals surface area (Å²) in [7, 11) is 0. The number of nitrogens with zero attached hydrogens (tertiary/aromatic N) is 5. The van der Waals surface area contributed by atoms with E-state index in [2.05, 4.69) is 36.4 Å². The molecule has 0 saturated carbocycles. The topological polar surface area (TPSA) is 82.8 Å². The minimum absolute atomic E-state index is 0.141. The largest absolute Gasteiger partial charge is 0.444 e. The summed E-state index contributed by atoms with van der Waals surface area (Å²) >= 11 is 9.33. The van der Waals surface area contributed by atoms with Crippen molar-refractivity contribution in [3.63, 3.8) is 0 Å². The second-order valence-electron chi connectivity index (χ2n) is 4.32. The van der Waals surface area contributed by atoms with E-state index in [9.17, 15) is 0 Å². The van der Waals surface area contributed by atoms with Crippen molar-refractivity contribution in [3.05, 3.63) is 34.6 Å². The molecule has 3 aromatic heterocycles. The lowest BCUT2D eigenvalue weighted by Gasteiger charge is -1.98. The molecule has 0 spiro atoms. The van der Waals surface area contributed by atoms with Gasteiger partial charge in [0.05, 0.1) is 11.6 Å². The molecular weight excluding hydrogens is 362 g/mol. The SMILES string of the molecule is CCC(Cl)c1cn(Cc2nnc(-c3ccc(Br)o3)o2)nn1. The first-order chi connectivity index (χ1) is 10.2. The quantitative estimate of drug-likeness (QED) is 0.638. The lowest BCUT2D eigenvalue weighted by Crippen LogP contribution is -2.00. The number of furan rings is 1. The Morgan fingerprint density at radius 1 is 1.29 bits per heavy atom. The fraction of sp³-hybridized carbons (Fsp3) is 0.333. The third-order valence-corrected chi connectivity index (χ3v) is 3.74. The monoisotopic (exact) mass is 371 g/mol. The standard InChI is InChI=1S/C12H11BrClN5O2/c1-2-7(14)8-5-19(18-15-8)6-11-16-17-12(21-11)9-3-4-10(13)20-9/h3-5,7H,2,6H2,1H3. The van der Waals surface area contributed by atoms with Crippen molar-refractivity contribution in [1.82, 2.24) is 25.2 Å². The molecule has 0 aliphatic heterocycles. The summed E-state index contributed by atoms with van der Waals surface area (Å²) in [6.07, 6.45) is 2.56. The molecule has 1 unspecified atom stereocenters. The third-order valence-electron chi connectivity index (χ3n) is 2.78. The van der Waals surface area contributed by atoms with Gasteiger partial charge in [-0.3, -0.25) is 0 Å². The Kier molecular flexibility index (Phi) is 4.07. The van der Waals surface area contributed by atoms with Gasteiger partial charge in [0.1, 0.15) is 12.2 Å². The molecule has 3 rings (SSSR count). The molecule has 0 aliphatic carbocycles. The van der Waals surface area contributed by atoms with Gasteiger partial charge in [-0.25, -0.2) is 4.68 Å². The van der Waals surface area contributed by atoms with Crippen LogP contribution in [0.3, 0.4) is 0 Å². The molecule has 0 aromatic carbocycles. The average molecular weight is 373 g/mol. The zero-order valence-electron chi connectivity index (χ0n) is 11.0. The summed E-state index contributed by atoms with van der Waals surface area (Å²) in [5.41, 5.74) is 0.730. The van der Waals surface area contributed by atoms with Crippen LogP contribution < -0.4 is 0 Å². The van der Waals surface area contributed by atoms with Crippen LogP contribution in [0, 0.1) is 0 Å². The minimum atomic E-state index is -0.141. The molecule has 0 fully saturated rings. The Bertz CT molecular complexity index is 737. The van der Waals surface area contributed by atoms with Gasteiger partial charge in [0, 0.05) is 0 Å². The fourth-order valence-electron chi connectivity index (χ4n) is 1.73. The minimum Gasteiger partial charge on any atom is -0.444 e. The molecule has 1 atom stereocenters. The molecule has 3 heterocycles. The highest BCUT2D eigenvalue weighted by Gasteiger charge is 2.14. The van der Waals surface area contributed by atoms with Crippen LogP contribution in [0.25, 0.3) is 11.7 Å². The van der Waals surface area contributed by atoms with Gasteiger partial charge in [0.2, 0.25) is 5.89 Å². The van der Waals surface area contributed by atoms with Gasteiger partial charge < -0.3 is 8.83 Å². The Morgan fingerprint density at radius 2 is 2.14 bits per heavy atom. The van der Waals surface area contributed by atoms with Crippen LogP contribution in [0.2, 0.25) is 0 Å². The Morgan fingerprint density at radius 3 is 2.86 bits per heavy atom. The summed E-state index contributed by atoms with van der Waals surface area (Å²) in [4.78, 5) is 0. The highest BCUT2D eigenvalue weighted by Crippen LogP contribution is 2.24. The van der Waals surface area contributed by atoms with E-state index in [1.807, 2.05) is 6.92 Å². The van der Waals surface area contributed by atoms with Gasteiger partial charge in [-0.15, -0.1) is 26.9 Å². The molecule has 0 radical (unpaired) electrons. The predicted octanol–water partition coefficient (Wildman–Crippen LogP) is 3.42. The van der Waals surface area contributed by atoms with E-state index in [-0.39, 0.29) is 5.38 Å². The second-order valence-corrected chi connectivity index (χ2v) is 5.63. The maximum absolute atomic E-state index is 6.11. The van der Waals surface area contributed by atoms with E-state index >= 15 is 0 Å². The maximum Gasteiger partial charge on any atom is 0.283 e. The fourth-order valence-corrected chi connectivity index (χ4v) is 2.13. The number of hydrogen-bond acceptors (Lipinski definition) is 6. The molecular formula is C12H11BrClN5O2. The van der Waals surface area contributed by atoms with Crippen LogP contribution in [0.4, 0.5) is 0 Å². The van der Waals surface area contributed by atoms with Crippen LogP contribution in [0.5, 0.6) is 0 Å². The summed E-state index contributed by atoms with van der Waals surface area (Å²) in [5, 5.41) is 15.8. The molecule has 7 nitrogen and oxygen atoms in total. The van der Waals surface area contributed by atoms with Crippen molar-refractivity contribution in [2.45, 2.75) is 25.3 Å². The second kappa shape index (κ2) is 5.98. The highest BCUT2D eigenvalue weighted by molar-refractivity contribution is 9.10.